The summed E-state index contributed by atoms with van der Waals surface area (Å²) in [6.45, 7) is 2.28. The third-order valence-corrected chi connectivity index (χ3v) is 6.59. The fraction of sp³-hybridized carbons (Fsp3) is 0.909. The molecule has 2 aliphatic carbocycles. The van der Waals surface area contributed by atoms with Crippen molar-refractivity contribution in [2.45, 2.75) is 103 Å². The first-order chi connectivity index (χ1) is 12.0. The van der Waals surface area contributed by atoms with Gasteiger partial charge in [-0.05, 0) is 68.6 Å². The average Bonchev–Trinajstić information content (AvgIpc) is 2.59. The second-order valence-corrected chi connectivity index (χ2v) is 8.53. The molecule has 0 nitrogen and oxygen atoms in total. The number of halogens is 3. The lowest BCUT2D eigenvalue weighted by molar-refractivity contribution is -0.133. The third-order valence-electron chi connectivity index (χ3n) is 6.59. The minimum absolute atomic E-state index is 0.144. The Bertz CT molecular complexity index is 369. The molecule has 2 fully saturated rings. The van der Waals surface area contributed by atoms with Crippen molar-refractivity contribution in [1.82, 2.24) is 0 Å². The molecule has 0 N–H and O–H groups in total. The Hall–Kier alpha value is -0.470. The van der Waals surface area contributed by atoms with Gasteiger partial charge >= 0.3 is 6.18 Å². The van der Waals surface area contributed by atoms with E-state index in [1.54, 1.807) is 6.08 Å². The molecular formula is C22H37F3. The van der Waals surface area contributed by atoms with Crippen LogP contribution in [0.4, 0.5) is 13.2 Å². The second kappa shape index (κ2) is 10.6. The number of unbranched alkanes of at least 4 members (excludes halogenated alkanes) is 2. The summed E-state index contributed by atoms with van der Waals surface area (Å²) in [5.74, 6) is 3.32. The van der Waals surface area contributed by atoms with Crippen LogP contribution in [-0.2, 0) is 0 Å². The van der Waals surface area contributed by atoms with E-state index in [1.165, 1.54) is 77.0 Å². The van der Waals surface area contributed by atoms with Crippen molar-refractivity contribution in [3.05, 3.63) is 12.2 Å². The first kappa shape index (κ1) is 20.8. The minimum atomic E-state index is -4.02. The zero-order chi connectivity index (χ0) is 18.1. The third kappa shape index (κ3) is 8.17. The van der Waals surface area contributed by atoms with Crippen molar-refractivity contribution in [3.63, 3.8) is 0 Å². The summed E-state index contributed by atoms with van der Waals surface area (Å²) in [5, 5.41) is 0. The highest BCUT2D eigenvalue weighted by molar-refractivity contribution is 4.92. The Morgan fingerprint density at radius 2 is 1.44 bits per heavy atom. The largest absolute Gasteiger partial charge is 0.389 e. The fourth-order valence-corrected chi connectivity index (χ4v) is 4.98. The molecule has 25 heavy (non-hydrogen) atoms. The number of hydrogen-bond acceptors (Lipinski definition) is 0. The molecule has 0 amide bonds. The summed E-state index contributed by atoms with van der Waals surface area (Å²) in [6, 6.07) is 0. The van der Waals surface area contributed by atoms with Gasteiger partial charge in [0.25, 0.3) is 0 Å². The van der Waals surface area contributed by atoms with Crippen molar-refractivity contribution < 1.29 is 13.2 Å². The molecule has 0 atom stereocenters. The van der Waals surface area contributed by atoms with Crippen LogP contribution in [0, 0.1) is 23.7 Å². The number of rotatable bonds is 8. The number of allylic oxidation sites excluding steroid dienone is 2. The van der Waals surface area contributed by atoms with Crippen molar-refractivity contribution in [1.29, 1.82) is 0 Å². The van der Waals surface area contributed by atoms with Crippen molar-refractivity contribution in [2.75, 3.05) is 0 Å². The van der Waals surface area contributed by atoms with E-state index in [9.17, 15) is 13.2 Å². The molecule has 0 aromatic rings. The van der Waals surface area contributed by atoms with Crippen LogP contribution in [0.5, 0.6) is 0 Å². The lowest BCUT2D eigenvalue weighted by atomic mass is 9.68. The van der Waals surface area contributed by atoms with Gasteiger partial charge < -0.3 is 0 Å². The lowest BCUT2D eigenvalue weighted by Gasteiger charge is -2.37. The summed E-state index contributed by atoms with van der Waals surface area (Å²) in [7, 11) is 0. The topological polar surface area (TPSA) is 0 Å². The van der Waals surface area contributed by atoms with Gasteiger partial charge in [0.1, 0.15) is 0 Å². The Morgan fingerprint density at radius 3 is 2.00 bits per heavy atom. The second-order valence-electron chi connectivity index (χ2n) is 8.53. The van der Waals surface area contributed by atoms with Crippen LogP contribution in [0.1, 0.15) is 96.8 Å². The maximum Gasteiger partial charge on any atom is 0.389 e. The zero-order valence-corrected chi connectivity index (χ0v) is 16.0. The molecule has 3 heteroatoms. The molecule has 146 valence electrons. The van der Waals surface area contributed by atoms with Crippen molar-refractivity contribution in [2.24, 2.45) is 23.7 Å². The number of alkyl halides is 3. The van der Waals surface area contributed by atoms with Gasteiger partial charge in [0.15, 0.2) is 0 Å². The summed E-state index contributed by atoms with van der Waals surface area (Å²) < 4.78 is 36.5. The Labute approximate surface area is 152 Å². The molecule has 0 unspecified atom stereocenters. The van der Waals surface area contributed by atoms with E-state index >= 15 is 0 Å². The van der Waals surface area contributed by atoms with Crippen molar-refractivity contribution in [3.8, 4) is 0 Å². The normalized spacial score (nSPS) is 31.5. The molecular weight excluding hydrogens is 321 g/mol. The standard InChI is InChI=1S/C22H37F3/c1-2-3-4-7-18-9-13-20(14-10-18)21-15-11-19(12-16-21)8-5-6-17-22(23,24)25/h5,8,18-21H,2-4,6-7,9-17H2,1H3/t18-,19-,20-,21-. The first-order valence-electron chi connectivity index (χ1n) is 10.7. The smallest absolute Gasteiger partial charge is 0.171 e. The monoisotopic (exact) mass is 358 g/mol. The molecule has 2 aliphatic rings. The van der Waals surface area contributed by atoms with Crippen molar-refractivity contribution >= 4 is 0 Å². The Morgan fingerprint density at radius 1 is 0.840 bits per heavy atom. The van der Waals surface area contributed by atoms with Gasteiger partial charge in [-0.25, -0.2) is 0 Å². The fourth-order valence-electron chi connectivity index (χ4n) is 4.98. The molecule has 0 radical (unpaired) electrons. The van der Waals surface area contributed by atoms with Crippen LogP contribution < -0.4 is 0 Å². The van der Waals surface area contributed by atoms with Gasteiger partial charge in [0.05, 0.1) is 0 Å². The summed E-state index contributed by atoms with van der Waals surface area (Å²) in [6.07, 6.45) is 15.5. The van der Waals surface area contributed by atoms with Crippen LogP contribution in [0.2, 0.25) is 0 Å². The molecule has 0 saturated heterocycles. The summed E-state index contributed by atoms with van der Waals surface area (Å²) in [5.41, 5.74) is 0. The highest BCUT2D eigenvalue weighted by atomic mass is 19.4. The molecule has 0 spiro atoms. The Kier molecular flexibility index (Phi) is 8.85. The van der Waals surface area contributed by atoms with E-state index in [0.29, 0.717) is 5.92 Å². The van der Waals surface area contributed by atoms with Crippen LogP contribution in [-0.4, -0.2) is 6.18 Å². The van der Waals surface area contributed by atoms with Gasteiger partial charge in [-0.1, -0.05) is 57.6 Å². The van der Waals surface area contributed by atoms with E-state index in [2.05, 4.69) is 13.0 Å². The molecule has 0 aliphatic heterocycles. The zero-order valence-electron chi connectivity index (χ0n) is 16.0. The van der Waals surface area contributed by atoms with Gasteiger partial charge in [-0.2, -0.15) is 13.2 Å². The van der Waals surface area contributed by atoms with E-state index in [-0.39, 0.29) is 6.42 Å². The van der Waals surface area contributed by atoms with E-state index in [1.807, 2.05) is 0 Å². The predicted molar refractivity (Wildman–Crippen MR) is 99.5 cm³/mol. The molecule has 2 saturated carbocycles. The van der Waals surface area contributed by atoms with Gasteiger partial charge in [-0.15, -0.1) is 0 Å². The quantitative estimate of drug-likeness (QED) is 0.304. The molecule has 2 rings (SSSR count). The van der Waals surface area contributed by atoms with E-state index in [0.717, 1.165) is 17.8 Å². The predicted octanol–water partition coefficient (Wildman–Crippen LogP) is 8.08. The molecule has 0 aromatic heterocycles. The molecule has 0 bridgehead atoms. The van der Waals surface area contributed by atoms with Gasteiger partial charge in [-0.3, -0.25) is 0 Å². The highest BCUT2D eigenvalue weighted by Gasteiger charge is 2.30. The summed E-state index contributed by atoms with van der Waals surface area (Å²) >= 11 is 0. The lowest BCUT2D eigenvalue weighted by Crippen LogP contribution is -2.25. The van der Waals surface area contributed by atoms with E-state index in [4.69, 9.17) is 0 Å². The Balaban J connectivity index is 1.60. The maximum atomic E-state index is 12.2. The summed E-state index contributed by atoms with van der Waals surface area (Å²) in [4.78, 5) is 0. The average molecular weight is 359 g/mol. The maximum absolute atomic E-state index is 12.2. The minimum Gasteiger partial charge on any atom is -0.171 e. The molecule has 0 aromatic carbocycles. The first-order valence-corrected chi connectivity index (χ1v) is 10.7. The highest BCUT2D eigenvalue weighted by Crippen LogP contribution is 2.42. The van der Waals surface area contributed by atoms with E-state index < -0.39 is 12.6 Å². The van der Waals surface area contributed by atoms with Crippen LogP contribution in [0.15, 0.2) is 12.2 Å². The van der Waals surface area contributed by atoms with Gasteiger partial charge in [0.2, 0.25) is 0 Å². The number of hydrogen-bond donors (Lipinski definition) is 0. The van der Waals surface area contributed by atoms with Crippen LogP contribution in [0.25, 0.3) is 0 Å². The SMILES string of the molecule is CCCCC[C@H]1CC[C@H]([C@H]2CC[C@H](C=CCCC(F)(F)F)CC2)CC1. The van der Waals surface area contributed by atoms with Crippen LogP contribution in [0.3, 0.4) is 0 Å². The molecule has 0 heterocycles. The van der Waals surface area contributed by atoms with Crippen LogP contribution >= 0.6 is 0 Å². The van der Waals surface area contributed by atoms with Gasteiger partial charge in [0, 0.05) is 6.42 Å².